The second-order valence-corrected chi connectivity index (χ2v) is 6.09. The second kappa shape index (κ2) is 10.5. The Morgan fingerprint density at radius 1 is 1.19 bits per heavy atom. The number of unbranched alkanes of at least 4 members (excludes halogenated alkanes) is 1. The lowest BCUT2D eigenvalue weighted by molar-refractivity contribution is 0.0914. The summed E-state index contributed by atoms with van der Waals surface area (Å²) in [5.41, 5.74) is 0.0377. The monoisotopic (exact) mass is 363 g/mol. The fourth-order valence-corrected chi connectivity index (χ4v) is 2.90. The number of ether oxygens (including phenoxy) is 1. The maximum absolute atomic E-state index is 11.7. The van der Waals surface area contributed by atoms with Crippen molar-refractivity contribution in [2.24, 2.45) is 4.99 Å². The molecule has 26 heavy (non-hydrogen) atoms. The van der Waals surface area contributed by atoms with Gasteiger partial charge in [-0.2, -0.15) is 0 Å². The van der Waals surface area contributed by atoms with Crippen LogP contribution < -0.4 is 10.9 Å². The topological polar surface area (TPSA) is 79.2 Å². The Morgan fingerprint density at radius 2 is 1.92 bits per heavy atom. The molecule has 0 aromatic carbocycles. The van der Waals surface area contributed by atoms with Crippen LogP contribution >= 0.6 is 0 Å². The Hall–Kier alpha value is -2.51. The van der Waals surface area contributed by atoms with E-state index < -0.39 is 0 Å². The number of guanidine groups is 1. The standard InChI is InChI=1S/C18H29N5O3/c1-3-26-18(25)23-14-12-22(13-15-23)17(19-2)20-9-5-7-11-21-10-6-4-8-16(21)24/h4,6,8,10H,3,5,7,9,11-15H2,1-2H3,(H,19,20). The van der Waals surface area contributed by atoms with Crippen LogP contribution in [-0.4, -0.2) is 72.8 Å². The molecule has 1 amide bonds. The summed E-state index contributed by atoms with van der Waals surface area (Å²) in [6, 6.07) is 5.21. The van der Waals surface area contributed by atoms with Crippen molar-refractivity contribution < 1.29 is 9.53 Å². The zero-order valence-electron chi connectivity index (χ0n) is 15.7. The minimum Gasteiger partial charge on any atom is -0.450 e. The van der Waals surface area contributed by atoms with E-state index in [1.165, 1.54) is 0 Å². The van der Waals surface area contributed by atoms with Gasteiger partial charge in [0.1, 0.15) is 0 Å². The molecule has 1 saturated heterocycles. The Labute approximate surface area is 154 Å². The fraction of sp³-hybridized carbons (Fsp3) is 0.611. The van der Waals surface area contributed by atoms with Gasteiger partial charge < -0.3 is 24.4 Å². The number of aliphatic imine (C=N–C) groups is 1. The molecule has 144 valence electrons. The van der Waals surface area contributed by atoms with Crippen molar-refractivity contribution in [1.29, 1.82) is 0 Å². The summed E-state index contributed by atoms with van der Waals surface area (Å²) >= 11 is 0. The van der Waals surface area contributed by atoms with Crippen molar-refractivity contribution >= 4 is 12.1 Å². The van der Waals surface area contributed by atoms with Gasteiger partial charge in [0.15, 0.2) is 5.96 Å². The van der Waals surface area contributed by atoms with Crippen molar-refractivity contribution in [2.45, 2.75) is 26.3 Å². The maximum atomic E-state index is 11.7. The number of hydrogen-bond donors (Lipinski definition) is 1. The largest absolute Gasteiger partial charge is 0.450 e. The SMILES string of the molecule is CCOC(=O)N1CCN(C(=NC)NCCCCn2ccccc2=O)CC1. The number of hydrogen-bond acceptors (Lipinski definition) is 4. The Kier molecular flexibility index (Phi) is 7.98. The van der Waals surface area contributed by atoms with Gasteiger partial charge in [0.2, 0.25) is 5.56 Å². The molecule has 0 spiro atoms. The molecule has 2 heterocycles. The number of nitrogens with one attached hydrogen (secondary N) is 1. The van der Waals surface area contributed by atoms with E-state index in [0.29, 0.717) is 19.7 Å². The van der Waals surface area contributed by atoms with Crippen LogP contribution in [0.5, 0.6) is 0 Å². The molecule has 8 nitrogen and oxygen atoms in total. The van der Waals surface area contributed by atoms with Crippen LogP contribution in [0.25, 0.3) is 0 Å². The third-order valence-electron chi connectivity index (χ3n) is 4.32. The van der Waals surface area contributed by atoms with Crippen LogP contribution in [0.15, 0.2) is 34.2 Å². The summed E-state index contributed by atoms with van der Waals surface area (Å²) in [6.07, 6.45) is 3.44. The molecule has 1 aromatic heterocycles. The van der Waals surface area contributed by atoms with Gasteiger partial charge in [-0.15, -0.1) is 0 Å². The molecular formula is C18H29N5O3. The molecule has 0 aliphatic carbocycles. The first-order chi connectivity index (χ1) is 12.7. The number of nitrogens with zero attached hydrogens (tertiary/aromatic N) is 4. The van der Waals surface area contributed by atoms with Gasteiger partial charge in [-0.3, -0.25) is 9.79 Å². The number of carbonyl (C=O) groups excluding carboxylic acids is 1. The zero-order valence-corrected chi connectivity index (χ0v) is 15.7. The van der Waals surface area contributed by atoms with Crippen LogP contribution in [0.3, 0.4) is 0 Å². The number of amides is 1. The first-order valence-corrected chi connectivity index (χ1v) is 9.18. The predicted octanol–water partition coefficient (Wildman–Crippen LogP) is 0.978. The molecule has 1 aliphatic heterocycles. The quantitative estimate of drug-likeness (QED) is 0.463. The highest BCUT2D eigenvalue weighted by Gasteiger charge is 2.23. The lowest BCUT2D eigenvalue weighted by Gasteiger charge is -2.35. The third-order valence-corrected chi connectivity index (χ3v) is 4.32. The van der Waals surface area contributed by atoms with Gasteiger partial charge in [0.05, 0.1) is 6.61 Å². The van der Waals surface area contributed by atoms with Crippen LogP contribution in [0, 0.1) is 0 Å². The number of piperazine rings is 1. The molecule has 1 fully saturated rings. The molecule has 0 unspecified atom stereocenters. The fourth-order valence-electron chi connectivity index (χ4n) is 2.90. The summed E-state index contributed by atoms with van der Waals surface area (Å²) in [4.78, 5) is 31.6. The van der Waals surface area contributed by atoms with E-state index in [2.05, 4.69) is 15.2 Å². The van der Waals surface area contributed by atoms with Crippen LogP contribution in [0.4, 0.5) is 4.79 Å². The molecule has 2 rings (SSSR count). The number of carbonyl (C=O) groups is 1. The van der Waals surface area contributed by atoms with E-state index in [-0.39, 0.29) is 11.7 Å². The van der Waals surface area contributed by atoms with Gasteiger partial charge >= 0.3 is 6.09 Å². The Morgan fingerprint density at radius 3 is 2.58 bits per heavy atom. The molecule has 0 atom stereocenters. The number of aryl methyl sites for hydroxylation is 1. The predicted molar refractivity (Wildman–Crippen MR) is 101 cm³/mol. The summed E-state index contributed by atoms with van der Waals surface area (Å²) in [5.74, 6) is 0.852. The number of aromatic nitrogens is 1. The van der Waals surface area contributed by atoms with E-state index in [0.717, 1.165) is 45.0 Å². The highest BCUT2D eigenvalue weighted by atomic mass is 16.6. The van der Waals surface area contributed by atoms with Crippen molar-refractivity contribution in [3.8, 4) is 0 Å². The zero-order chi connectivity index (χ0) is 18.8. The number of pyridine rings is 1. The van der Waals surface area contributed by atoms with Crippen LogP contribution in [-0.2, 0) is 11.3 Å². The van der Waals surface area contributed by atoms with Crippen LogP contribution in [0.2, 0.25) is 0 Å². The van der Waals surface area contributed by atoms with E-state index in [9.17, 15) is 9.59 Å². The second-order valence-electron chi connectivity index (χ2n) is 6.09. The first-order valence-electron chi connectivity index (χ1n) is 9.18. The smallest absolute Gasteiger partial charge is 0.409 e. The van der Waals surface area contributed by atoms with E-state index in [4.69, 9.17) is 4.74 Å². The summed E-state index contributed by atoms with van der Waals surface area (Å²) < 4.78 is 6.76. The normalized spacial score (nSPS) is 15.1. The molecule has 1 N–H and O–H groups in total. The van der Waals surface area contributed by atoms with Gasteiger partial charge in [-0.25, -0.2) is 4.79 Å². The van der Waals surface area contributed by atoms with Gasteiger partial charge in [0, 0.05) is 58.6 Å². The highest BCUT2D eigenvalue weighted by Crippen LogP contribution is 2.04. The third kappa shape index (κ3) is 5.79. The minimum absolute atomic E-state index is 0.0377. The van der Waals surface area contributed by atoms with Crippen LogP contribution in [0.1, 0.15) is 19.8 Å². The Bertz CT molecular complexity index is 650. The lowest BCUT2D eigenvalue weighted by atomic mass is 10.3. The minimum atomic E-state index is -0.244. The van der Waals surface area contributed by atoms with E-state index in [1.54, 1.807) is 28.6 Å². The number of rotatable bonds is 6. The summed E-state index contributed by atoms with van der Waals surface area (Å²) in [6.45, 7) is 6.47. The average Bonchev–Trinajstić information content (AvgIpc) is 2.66. The summed E-state index contributed by atoms with van der Waals surface area (Å²) in [5, 5.41) is 3.36. The average molecular weight is 363 g/mol. The van der Waals surface area contributed by atoms with Crippen molar-refractivity contribution in [1.82, 2.24) is 19.7 Å². The van der Waals surface area contributed by atoms with Gasteiger partial charge in [0.25, 0.3) is 0 Å². The van der Waals surface area contributed by atoms with Crippen molar-refractivity contribution in [3.05, 3.63) is 34.7 Å². The van der Waals surface area contributed by atoms with Crippen molar-refractivity contribution in [2.75, 3.05) is 46.4 Å². The van der Waals surface area contributed by atoms with Gasteiger partial charge in [-0.1, -0.05) is 6.07 Å². The Balaban J connectivity index is 1.68. The lowest BCUT2D eigenvalue weighted by Crippen LogP contribution is -2.54. The first kappa shape index (κ1) is 19.8. The molecule has 8 heteroatoms. The molecular weight excluding hydrogens is 334 g/mol. The van der Waals surface area contributed by atoms with E-state index >= 15 is 0 Å². The molecule has 1 aliphatic rings. The molecule has 0 radical (unpaired) electrons. The highest BCUT2D eigenvalue weighted by molar-refractivity contribution is 5.80. The summed E-state index contributed by atoms with van der Waals surface area (Å²) in [7, 11) is 1.77. The maximum Gasteiger partial charge on any atom is 0.409 e. The molecule has 0 saturated carbocycles. The molecule has 0 bridgehead atoms. The van der Waals surface area contributed by atoms with Gasteiger partial charge in [-0.05, 0) is 25.8 Å². The van der Waals surface area contributed by atoms with Crippen molar-refractivity contribution in [3.63, 3.8) is 0 Å². The molecule has 1 aromatic rings. The van der Waals surface area contributed by atoms with E-state index in [1.807, 2.05) is 19.2 Å².